The Morgan fingerprint density at radius 2 is 0.871 bits per heavy atom. The fourth-order valence-corrected chi connectivity index (χ4v) is 3.23. The summed E-state index contributed by atoms with van der Waals surface area (Å²) in [5, 5.41) is 0. The van der Waals surface area contributed by atoms with Gasteiger partial charge in [0.05, 0.1) is 0 Å². The summed E-state index contributed by atoms with van der Waals surface area (Å²) in [6, 6.07) is 27.4. The van der Waals surface area contributed by atoms with Gasteiger partial charge in [0.1, 0.15) is 11.5 Å². The van der Waals surface area contributed by atoms with Crippen LogP contribution in [0.2, 0.25) is 0 Å². The van der Waals surface area contributed by atoms with E-state index in [-0.39, 0.29) is 11.6 Å². The van der Waals surface area contributed by atoms with Gasteiger partial charge in [-0.15, -0.1) is 0 Å². The molecule has 0 atom stereocenters. The molecule has 0 aliphatic heterocycles. The number of carbonyl (C=O) groups is 2. The minimum atomic E-state index is -0.150. The van der Waals surface area contributed by atoms with Crippen molar-refractivity contribution in [3.8, 4) is 11.5 Å². The second-order valence-electron chi connectivity index (χ2n) is 7.07. The Labute approximate surface area is 179 Å². The van der Waals surface area contributed by atoms with Gasteiger partial charge in [-0.3, -0.25) is 9.59 Å². The van der Waals surface area contributed by atoms with E-state index in [2.05, 4.69) is 0 Å². The first kappa shape index (κ1) is 19.9. The molecule has 4 aromatic carbocycles. The van der Waals surface area contributed by atoms with Gasteiger partial charge in [-0.2, -0.15) is 0 Å². The summed E-state index contributed by atoms with van der Waals surface area (Å²) in [5.74, 6) is 0.679. The molecule has 0 amide bonds. The van der Waals surface area contributed by atoms with Gasteiger partial charge in [0.2, 0.25) is 0 Å². The van der Waals surface area contributed by atoms with Gasteiger partial charge in [0.25, 0.3) is 0 Å². The number of ketones is 2. The van der Waals surface area contributed by atoms with Crippen molar-refractivity contribution in [2.24, 2.45) is 0 Å². The Morgan fingerprint density at radius 3 is 1.26 bits per heavy atom. The molecular weight excluding hydrogens is 388 g/mol. The van der Waals surface area contributed by atoms with E-state index in [1.807, 2.05) is 0 Å². The van der Waals surface area contributed by atoms with E-state index >= 15 is 0 Å². The first-order chi connectivity index (χ1) is 15.0. The van der Waals surface area contributed by atoms with Crippen LogP contribution in [0, 0.1) is 0 Å². The van der Waals surface area contributed by atoms with Crippen molar-refractivity contribution in [2.75, 3.05) is 11.5 Å². The summed E-state index contributed by atoms with van der Waals surface area (Å²) in [5.41, 5.74) is 14.6. The fraction of sp³-hybridized carbons (Fsp3) is 0. The van der Waals surface area contributed by atoms with Crippen molar-refractivity contribution in [1.29, 1.82) is 0 Å². The molecule has 0 saturated heterocycles. The maximum Gasteiger partial charge on any atom is 0.193 e. The van der Waals surface area contributed by atoms with Crippen LogP contribution in [0.4, 0.5) is 11.4 Å². The lowest BCUT2D eigenvalue weighted by Gasteiger charge is -2.09. The number of benzene rings is 4. The number of carbonyl (C=O) groups excluding carboxylic acids is 2. The third-order valence-corrected chi connectivity index (χ3v) is 4.73. The highest BCUT2D eigenvalue weighted by Crippen LogP contribution is 2.25. The highest BCUT2D eigenvalue weighted by Gasteiger charge is 2.13. The summed E-state index contributed by atoms with van der Waals surface area (Å²) in [4.78, 5) is 25.5. The smallest absolute Gasteiger partial charge is 0.193 e. The van der Waals surface area contributed by atoms with E-state index in [9.17, 15) is 9.59 Å². The number of anilines is 2. The highest BCUT2D eigenvalue weighted by molar-refractivity contribution is 6.10. The Morgan fingerprint density at radius 1 is 0.516 bits per heavy atom. The number of nitrogens with two attached hydrogens (primary N) is 2. The normalized spacial score (nSPS) is 10.5. The lowest BCUT2D eigenvalue weighted by atomic mass is 10.0. The van der Waals surface area contributed by atoms with Crippen LogP contribution >= 0.6 is 0 Å². The lowest BCUT2D eigenvalue weighted by Crippen LogP contribution is -2.03. The Bertz CT molecular complexity index is 1180. The van der Waals surface area contributed by atoms with E-state index in [4.69, 9.17) is 16.2 Å². The van der Waals surface area contributed by atoms with Gasteiger partial charge in [0, 0.05) is 33.6 Å². The second kappa shape index (κ2) is 8.55. The Balaban J connectivity index is 1.56. The van der Waals surface area contributed by atoms with Gasteiger partial charge in [0.15, 0.2) is 11.6 Å². The van der Waals surface area contributed by atoms with E-state index in [1.54, 1.807) is 97.1 Å². The molecule has 5 heteroatoms. The minimum Gasteiger partial charge on any atom is -0.457 e. The minimum absolute atomic E-state index is 0.150. The van der Waals surface area contributed by atoms with Crippen LogP contribution < -0.4 is 16.2 Å². The molecule has 0 spiro atoms. The monoisotopic (exact) mass is 408 g/mol. The molecule has 31 heavy (non-hydrogen) atoms. The standard InChI is InChI=1S/C26H20N2O3/c27-21-9-1-5-17(13-21)25(29)19-7-3-11-23(15-19)31-24-12-4-8-20(16-24)26(30)18-6-2-10-22(28)14-18/h1-16H,27-28H2. The van der Waals surface area contributed by atoms with Gasteiger partial charge in [-0.25, -0.2) is 0 Å². The van der Waals surface area contributed by atoms with Gasteiger partial charge in [-0.05, 0) is 48.5 Å². The number of hydrogen-bond acceptors (Lipinski definition) is 5. The third-order valence-electron chi connectivity index (χ3n) is 4.73. The van der Waals surface area contributed by atoms with Crippen molar-refractivity contribution in [2.45, 2.75) is 0 Å². The predicted octanol–water partition coefficient (Wildman–Crippen LogP) is 5.11. The molecule has 0 aliphatic carbocycles. The average Bonchev–Trinajstić information content (AvgIpc) is 2.78. The molecule has 0 aromatic heterocycles. The zero-order valence-electron chi connectivity index (χ0n) is 16.6. The lowest BCUT2D eigenvalue weighted by molar-refractivity contribution is 0.103. The molecule has 152 valence electrons. The number of nitrogen functional groups attached to an aromatic ring is 2. The maximum absolute atomic E-state index is 12.8. The molecule has 0 aliphatic rings. The third kappa shape index (κ3) is 4.62. The number of hydrogen-bond donors (Lipinski definition) is 2. The van der Waals surface area contributed by atoms with Crippen LogP contribution in [0.5, 0.6) is 11.5 Å². The fourth-order valence-electron chi connectivity index (χ4n) is 3.23. The van der Waals surface area contributed by atoms with Crippen molar-refractivity contribution >= 4 is 22.9 Å². The Hall–Kier alpha value is -4.38. The zero-order valence-corrected chi connectivity index (χ0v) is 16.6. The highest BCUT2D eigenvalue weighted by atomic mass is 16.5. The molecule has 0 unspecified atom stereocenters. The average molecular weight is 408 g/mol. The van der Waals surface area contributed by atoms with Gasteiger partial charge >= 0.3 is 0 Å². The summed E-state index contributed by atoms with van der Waals surface area (Å²) >= 11 is 0. The predicted molar refractivity (Wildman–Crippen MR) is 122 cm³/mol. The second-order valence-corrected chi connectivity index (χ2v) is 7.07. The molecule has 4 rings (SSSR count). The molecule has 0 saturated carbocycles. The Kier molecular flexibility index (Phi) is 5.49. The van der Waals surface area contributed by atoms with E-state index in [0.717, 1.165) is 0 Å². The zero-order chi connectivity index (χ0) is 21.8. The number of ether oxygens (including phenoxy) is 1. The first-order valence-electron chi connectivity index (χ1n) is 9.68. The topological polar surface area (TPSA) is 95.4 Å². The van der Waals surface area contributed by atoms with E-state index in [1.165, 1.54) is 0 Å². The first-order valence-corrected chi connectivity index (χ1v) is 9.68. The molecule has 0 fully saturated rings. The van der Waals surface area contributed by atoms with Crippen molar-refractivity contribution < 1.29 is 14.3 Å². The van der Waals surface area contributed by atoms with Gasteiger partial charge in [-0.1, -0.05) is 48.5 Å². The molecular formula is C26H20N2O3. The largest absolute Gasteiger partial charge is 0.457 e. The number of rotatable bonds is 6. The van der Waals surface area contributed by atoms with Crippen molar-refractivity contribution in [3.63, 3.8) is 0 Å². The summed E-state index contributed by atoms with van der Waals surface area (Å²) in [6.45, 7) is 0. The summed E-state index contributed by atoms with van der Waals surface area (Å²) in [7, 11) is 0. The van der Waals surface area contributed by atoms with Crippen LogP contribution in [0.15, 0.2) is 97.1 Å². The quantitative estimate of drug-likeness (QED) is 0.342. The maximum atomic E-state index is 12.8. The van der Waals surface area contributed by atoms with Crippen LogP contribution in [-0.4, -0.2) is 11.6 Å². The molecule has 5 nitrogen and oxygen atoms in total. The molecule has 4 aromatic rings. The summed E-state index contributed by atoms with van der Waals surface area (Å²) in [6.07, 6.45) is 0. The molecule has 4 N–H and O–H groups in total. The van der Waals surface area contributed by atoms with Gasteiger partial charge < -0.3 is 16.2 Å². The SMILES string of the molecule is Nc1cccc(C(=O)c2cccc(Oc3cccc(C(=O)c4cccc(N)c4)c3)c2)c1. The van der Waals surface area contributed by atoms with E-state index < -0.39 is 0 Å². The molecule has 0 heterocycles. The van der Waals surface area contributed by atoms with Crippen molar-refractivity contribution in [3.05, 3.63) is 119 Å². The summed E-state index contributed by atoms with van der Waals surface area (Å²) < 4.78 is 5.93. The van der Waals surface area contributed by atoms with E-state index in [0.29, 0.717) is 45.1 Å². The van der Waals surface area contributed by atoms with Crippen LogP contribution in [-0.2, 0) is 0 Å². The van der Waals surface area contributed by atoms with Crippen LogP contribution in [0.3, 0.4) is 0 Å². The molecule has 0 bridgehead atoms. The van der Waals surface area contributed by atoms with Crippen molar-refractivity contribution in [1.82, 2.24) is 0 Å². The van der Waals surface area contributed by atoms with Crippen LogP contribution in [0.25, 0.3) is 0 Å². The molecule has 0 radical (unpaired) electrons. The van der Waals surface area contributed by atoms with Crippen LogP contribution in [0.1, 0.15) is 31.8 Å².